The second kappa shape index (κ2) is 8.52. The van der Waals surface area contributed by atoms with Crippen LogP contribution >= 0.6 is 11.6 Å². The van der Waals surface area contributed by atoms with Crippen LogP contribution in [0.1, 0.15) is 31.2 Å². The molecule has 23 heavy (non-hydrogen) atoms. The van der Waals surface area contributed by atoms with E-state index >= 15 is 0 Å². The first-order valence-electron chi connectivity index (χ1n) is 8.07. The van der Waals surface area contributed by atoms with E-state index in [0.717, 1.165) is 24.8 Å². The highest BCUT2D eigenvalue weighted by atomic mass is 35.5. The molecule has 6 heteroatoms. The average molecular weight is 341 g/mol. The Morgan fingerprint density at radius 3 is 2.48 bits per heavy atom. The lowest BCUT2D eigenvalue weighted by molar-refractivity contribution is 0.0455. The van der Waals surface area contributed by atoms with Crippen LogP contribution in [0.15, 0.2) is 24.3 Å². The Morgan fingerprint density at radius 2 is 1.96 bits per heavy atom. The standard InChI is InChI=1S/C17H25ClN2O3/c18-15-5-3-14(4-6-15)11-20(9-2-10-21)16(23)19-12-17(13-22)7-1-8-17/h3-6,21-22H,1-2,7-13H2,(H,19,23). The fraction of sp³-hybridized carbons (Fsp3) is 0.588. The molecule has 1 aromatic carbocycles. The number of carbonyl (C=O) groups excluding carboxylic acids is 1. The molecular weight excluding hydrogens is 316 g/mol. The van der Waals surface area contributed by atoms with Gasteiger partial charge < -0.3 is 20.4 Å². The summed E-state index contributed by atoms with van der Waals surface area (Å²) in [4.78, 5) is 14.1. The van der Waals surface area contributed by atoms with Gasteiger partial charge in [-0.1, -0.05) is 30.2 Å². The molecule has 0 heterocycles. The van der Waals surface area contributed by atoms with Crippen LogP contribution < -0.4 is 5.32 Å². The lowest BCUT2D eigenvalue weighted by atomic mass is 9.69. The maximum absolute atomic E-state index is 12.4. The van der Waals surface area contributed by atoms with Gasteiger partial charge in [0.15, 0.2) is 0 Å². The van der Waals surface area contributed by atoms with Crippen LogP contribution in [0.2, 0.25) is 5.02 Å². The zero-order chi connectivity index (χ0) is 16.7. The summed E-state index contributed by atoms with van der Waals surface area (Å²) in [7, 11) is 0. The molecule has 0 unspecified atom stereocenters. The maximum atomic E-state index is 12.4. The summed E-state index contributed by atoms with van der Waals surface area (Å²) in [6.07, 6.45) is 3.55. The number of urea groups is 1. The number of hydrogen-bond donors (Lipinski definition) is 3. The van der Waals surface area contributed by atoms with E-state index in [-0.39, 0.29) is 24.7 Å². The lowest BCUT2D eigenvalue weighted by Crippen LogP contribution is -2.48. The Kier molecular flexibility index (Phi) is 6.69. The largest absolute Gasteiger partial charge is 0.396 e. The summed E-state index contributed by atoms with van der Waals surface area (Å²) in [6, 6.07) is 7.22. The second-order valence-corrected chi connectivity index (χ2v) is 6.73. The van der Waals surface area contributed by atoms with E-state index in [1.165, 1.54) is 0 Å². The van der Waals surface area contributed by atoms with E-state index in [1.807, 2.05) is 12.1 Å². The minimum Gasteiger partial charge on any atom is -0.396 e. The van der Waals surface area contributed by atoms with Crippen LogP contribution in [0, 0.1) is 5.41 Å². The van der Waals surface area contributed by atoms with Gasteiger partial charge >= 0.3 is 6.03 Å². The number of amides is 2. The van der Waals surface area contributed by atoms with Crippen LogP contribution in [0.4, 0.5) is 4.79 Å². The van der Waals surface area contributed by atoms with Crippen molar-refractivity contribution in [3.63, 3.8) is 0 Å². The molecule has 1 aliphatic carbocycles. The molecule has 0 spiro atoms. The van der Waals surface area contributed by atoms with E-state index in [0.29, 0.717) is 31.1 Å². The molecular formula is C17H25ClN2O3. The van der Waals surface area contributed by atoms with Gasteiger partial charge in [-0.3, -0.25) is 0 Å². The van der Waals surface area contributed by atoms with Crippen LogP contribution in [0.3, 0.4) is 0 Å². The zero-order valence-corrected chi connectivity index (χ0v) is 14.1. The predicted molar refractivity (Wildman–Crippen MR) is 90.3 cm³/mol. The fourth-order valence-corrected chi connectivity index (χ4v) is 2.89. The Bertz CT molecular complexity index is 498. The Morgan fingerprint density at radius 1 is 1.26 bits per heavy atom. The topological polar surface area (TPSA) is 72.8 Å². The van der Waals surface area contributed by atoms with Crippen LogP contribution in [0.25, 0.3) is 0 Å². The highest BCUT2D eigenvalue weighted by Gasteiger charge is 2.36. The van der Waals surface area contributed by atoms with Gasteiger partial charge in [0.1, 0.15) is 0 Å². The van der Waals surface area contributed by atoms with E-state index < -0.39 is 0 Å². The van der Waals surface area contributed by atoms with E-state index in [4.69, 9.17) is 16.7 Å². The molecule has 5 nitrogen and oxygen atoms in total. The molecule has 2 rings (SSSR count). The molecule has 128 valence electrons. The van der Waals surface area contributed by atoms with Crippen LogP contribution in [0.5, 0.6) is 0 Å². The molecule has 0 aliphatic heterocycles. The van der Waals surface area contributed by atoms with Gasteiger partial charge in [-0.15, -0.1) is 0 Å². The van der Waals surface area contributed by atoms with Crippen LogP contribution in [-0.2, 0) is 6.54 Å². The molecule has 2 amide bonds. The minimum atomic E-state index is -0.159. The Hall–Kier alpha value is -1.30. The van der Waals surface area contributed by atoms with Crippen molar-refractivity contribution in [2.24, 2.45) is 5.41 Å². The van der Waals surface area contributed by atoms with Gasteiger partial charge in [-0.2, -0.15) is 0 Å². The van der Waals surface area contributed by atoms with Crippen molar-refractivity contribution in [3.05, 3.63) is 34.9 Å². The molecule has 1 aromatic rings. The number of aliphatic hydroxyl groups excluding tert-OH is 2. The summed E-state index contributed by atoms with van der Waals surface area (Å²) in [5, 5.41) is 22.1. The first-order chi connectivity index (χ1) is 11.1. The molecule has 0 bridgehead atoms. The smallest absolute Gasteiger partial charge is 0.317 e. The molecule has 1 aliphatic rings. The van der Waals surface area contributed by atoms with Gasteiger partial charge in [-0.05, 0) is 37.0 Å². The Labute approximate surface area is 142 Å². The summed E-state index contributed by atoms with van der Waals surface area (Å²) >= 11 is 5.88. The number of hydrogen-bond acceptors (Lipinski definition) is 3. The number of carbonyl (C=O) groups is 1. The Balaban J connectivity index is 1.93. The number of aliphatic hydroxyl groups is 2. The van der Waals surface area contributed by atoms with Crippen molar-refractivity contribution in [2.75, 3.05) is 26.3 Å². The maximum Gasteiger partial charge on any atom is 0.317 e. The van der Waals surface area contributed by atoms with E-state index in [2.05, 4.69) is 5.32 Å². The zero-order valence-electron chi connectivity index (χ0n) is 13.3. The normalized spacial score (nSPS) is 15.8. The average Bonchev–Trinajstić information content (AvgIpc) is 2.52. The number of benzene rings is 1. The van der Waals surface area contributed by atoms with Gasteiger partial charge in [-0.25, -0.2) is 4.79 Å². The van der Waals surface area contributed by atoms with Crippen molar-refractivity contribution in [1.82, 2.24) is 10.2 Å². The molecule has 0 atom stereocenters. The van der Waals surface area contributed by atoms with Crippen molar-refractivity contribution in [2.45, 2.75) is 32.2 Å². The van der Waals surface area contributed by atoms with E-state index in [9.17, 15) is 9.90 Å². The first-order valence-corrected chi connectivity index (χ1v) is 8.45. The molecule has 0 aromatic heterocycles. The van der Waals surface area contributed by atoms with Gasteiger partial charge in [0, 0.05) is 36.7 Å². The summed E-state index contributed by atoms with van der Waals surface area (Å²) in [5.74, 6) is 0. The summed E-state index contributed by atoms with van der Waals surface area (Å²) in [6.45, 7) is 1.61. The quantitative estimate of drug-likeness (QED) is 0.680. The molecule has 3 N–H and O–H groups in total. The molecule has 1 fully saturated rings. The monoisotopic (exact) mass is 340 g/mol. The van der Waals surface area contributed by atoms with Crippen molar-refractivity contribution >= 4 is 17.6 Å². The predicted octanol–water partition coefficient (Wildman–Crippen LogP) is 2.40. The SMILES string of the molecule is O=C(NCC1(CO)CCC1)N(CCCO)Cc1ccc(Cl)cc1. The summed E-state index contributed by atoms with van der Waals surface area (Å²) < 4.78 is 0. The lowest BCUT2D eigenvalue weighted by Gasteiger charge is -2.40. The second-order valence-electron chi connectivity index (χ2n) is 6.30. The van der Waals surface area contributed by atoms with E-state index in [1.54, 1.807) is 17.0 Å². The van der Waals surface area contributed by atoms with Gasteiger partial charge in [0.2, 0.25) is 0 Å². The number of nitrogens with one attached hydrogen (secondary N) is 1. The summed E-state index contributed by atoms with van der Waals surface area (Å²) in [5.41, 5.74) is 0.849. The van der Waals surface area contributed by atoms with Crippen molar-refractivity contribution in [1.29, 1.82) is 0 Å². The highest BCUT2D eigenvalue weighted by Crippen LogP contribution is 2.39. The molecule has 0 radical (unpaired) electrons. The molecule has 0 saturated heterocycles. The minimum absolute atomic E-state index is 0.0466. The van der Waals surface area contributed by atoms with Crippen molar-refractivity contribution in [3.8, 4) is 0 Å². The van der Waals surface area contributed by atoms with Crippen molar-refractivity contribution < 1.29 is 15.0 Å². The van der Waals surface area contributed by atoms with Gasteiger partial charge in [0.05, 0.1) is 6.61 Å². The first kappa shape index (κ1) is 18.0. The number of halogens is 1. The number of nitrogens with zero attached hydrogens (tertiary/aromatic N) is 1. The third kappa shape index (κ3) is 5.09. The van der Waals surface area contributed by atoms with Gasteiger partial charge in [0.25, 0.3) is 0 Å². The third-order valence-electron chi connectivity index (χ3n) is 4.52. The third-order valence-corrected chi connectivity index (χ3v) is 4.78. The molecule has 1 saturated carbocycles. The number of rotatable bonds is 8. The fourth-order valence-electron chi connectivity index (χ4n) is 2.77. The highest BCUT2D eigenvalue weighted by molar-refractivity contribution is 6.30. The van der Waals surface area contributed by atoms with Crippen LogP contribution in [-0.4, -0.2) is 47.4 Å².